The molecule has 8 nitrogen and oxygen atoms in total. The van der Waals surface area contributed by atoms with Crippen molar-refractivity contribution in [1.29, 1.82) is 0 Å². The van der Waals surface area contributed by atoms with Gasteiger partial charge in [0.25, 0.3) is 11.5 Å². The van der Waals surface area contributed by atoms with E-state index >= 15 is 0 Å². The smallest absolute Gasteiger partial charge is 0.327 e. The van der Waals surface area contributed by atoms with Gasteiger partial charge >= 0.3 is 5.69 Å². The Bertz CT molecular complexity index is 1010. The highest BCUT2D eigenvalue weighted by molar-refractivity contribution is 6.07. The molecule has 0 fully saturated rings. The van der Waals surface area contributed by atoms with Gasteiger partial charge in [0.05, 0.1) is 0 Å². The molecule has 3 rings (SSSR count). The highest BCUT2D eigenvalue weighted by atomic mass is 16.2. The van der Waals surface area contributed by atoms with Crippen molar-refractivity contribution < 1.29 is 4.79 Å². The molecule has 0 aliphatic heterocycles. The summed E-state index contributed by atoms with van der Waals surface area (Å²) in [5.41, 5.74) is -0.205. The average molecular weight is 337 g/mol. The number of amides is 1. The number of aryl methyl sites for hydroxylation is 1. The maximum absolute atomic E-state index is 12.5. The Hall–Kier alpha value is -3.68. The summed E-state index contributed by atoms with van der Waals surface area (Å²) in [4.78, 5) is 44.8. The first kappa shape index (κ1) is 16.2. The Morgan fingerprint density at radius 3 is 2.48 bits per heavy atom. The second kappa shape index (κ2) is 6.83. The standard InChI is InChI=1S/C17H15N5O3/c1-10-7-8-12(18-9-10)20-15(23)13-14(21-17(25)22-16(13)24)19-11-5-3-2-4-6-11/h2-9H,1H3,(H,18,20,23)(H3,19,21,22,24,25). The Morgan fingerprint density at radius 2 is 1.80 bits per heavy atom. The quantitative estimate of drug-likeness (QED) is 0.578. The number of nitrogens with zero attached hydrogens (tertiary/aromatic N) is 1. The molecule has 0 spiro atoms. The molecular weight excluding hydrogens is 322 g/mol. The summed E-state index contributed by atoms with van der Waals surface area (Å²) in [5.74, 6) is -0.385. The van der Waals surface area contributed by atoms with Gasteiger partial charge in [-0.3, -0.25) is 19.6 Å². The molecule has 0 saturated heterocycles. The van der Waals surface area contributed by atoms with Crippen molar-refractivity contribution in [2.45, 2.75) is 6.92 Å². The second-order valence-corrected chi connectivity index (χ2v) is 5.32. The van der Waals surface area contributed by atoms with Gasteiger partial charge in [-0.2, -0.15) is 0 Å². The van der Waals surface area contributed by atoms with Crippen LogP contribution in [0.4, 0.5) is 17.3 Å². The first-order valence-corrected chi connectivity index (χ1v) is 7.45. The summed E-state index contributed by atoms with van der Waals surface area (Å²) in [7, 11) is 0. The SMILES string of the molecule is Cc1ccc(NC(=O)c2c(Nc3ccccc3)[nH]c(=O)[nH]c2=O)nc1. The number of rotatable bonds is 4. The molecule has 1 amide bonds. The molecule has 8 heteroatoms. The van der Waals surface area contributed by atoms with Crippen LogP contribution in [0, 0.1) is 6.92 Å². The summed E-state index contributed by atoms with van der Waals surface area (Å²) in [5, 5.41) is 5.41. The van der Waals surface area contributed by atoms with Crippen molar-refractivity contribution in [2.75, 3.05) is 10.6 Å². The number of hydrogen-bond acceptors (Lipinski definition) is 5. The number of carbonyl (C=O) groups excluding carboxylic acids is 1. The van der Waals surface area contributed by atoms with Crippen LogP contribution in [-0.2, 0) is 0 Å². The van der Waals surface area contributed by atoms with E-state index in [0.717, 1.165) is 5.56 Å². The molecule has 126 valence electrons. The summed E-state index contributed by atoms with van der Waals surface area (Å²) in [6.45, 7) is 1.87. The minimum absolute atomic E-state index is 0.00422. The topological polar surface area (TPSA) is 120 Å². The molecule has 0 aliphatic carbocycles. The molecule has 0 aliphatic rings. The van der Waals surface area contributed by atoms with E-state index < -0.39 is 17.2 Å². The summed E-state index contributed by atoms with van der Waals surface area (Å²) in [6, 6.07) is 12.3. The van der Waals surface area contributed by atoms with Crippen LogP contribution in [0.3, 0.4) is 0 Å². The zero-order chi connectivity index (χ0) is 17.8. The van der Waals surface area contributed by atoms with Crippen molar-refractivity contribution in [2.24, 2.45) is 0 Å². The van der Waals surface area contributed by atoms with Gasteiger partial charge in [-0.1, -0.05) is 24.3 Å². The van der Waals surface area contributed by atoms with Crippen LogP contribution in [0.15, 0.2) is 58.3 Å². The van der Waals surface area contributed by atoms with Crippen LogP contribution < -0.4 is 21.9 Å². The van der Waals surface area contributed by atoms with Gasteiger partial charge in [-0.05, 0) is 30.7 Å². The van der Waals surface area contributed by atoms with Crippen LogP contribution in [0.5, 0.6) is 0 Å². The number of H-pyrrole nitrogens is 2. The Kier molecular flexibility index (Phi) is 4.42. The van der Waals surface area contributed by atoms with Crippen molar-refractivity contribution in [1.82, 2.24) is 15.0 Å². The lowest BCUT2D eigenvalue weighted by Crippen LogP contribution is -2.32. The fourth-order valence-electron chi connectivity index (χ4n) is 2.18. The molecule has 0 bridgehead atoms. The van der Waals surface area contributed by atoms with E-state index in [1.165, 1.54) is 0 Å². The van der Waals surface area contributed by atoms with Gasteiger partial charge in [0.2, 0.25) is 0 Å². The van der Waals surface area contributed by atoms with E-state index in [1.54, 1.807) is 42.6 Å². The lowest BCUT2D eigenvalue weighted by molar-refractivity contribution is 0.102. The minimum Gasteiger partial charge on any atom is -0.341 e. The van der Waals surface area contributed by atoms with Crippen molar-refractivity contribution in [3.63, 3.8) is 0 Å². The Balaban J connectivity index is 1.96. The summed E-state index contributed by atoms with van der Waals surface area (Å²) < 4.78 is 0. The van der Waals surface area contributed by atoms with Crippen LogP contribution >= 0.6 is 0 Å². The molecule has 4 N–H and O–H groups in total. The normalized spacial score (nSPS) is 10.3. The van der Waals surface area contributed by atoms with E-state index in [9.17, 15) is 14.4 Å². The first-order chi connectivity index (χ1) is 12.0. The predicted molar refractivity (Wildman–Crippen MR) is 94.3 cm³/mol. The first-order valence-electron chi connectivity index (χ1n) is 7.45. The minimum atomic E-state index is -0.799. The van der Waals surface area contributed by atoms with Gasteiger partial charge < -0.3 is 10.6 Å². The van der Waals surface area contributed by atoms with Crippen molar-refractivity contribution >= 4 is 23.2 Å². The maximum atomic E-state index is 12.5. The van der Waals surface area contributed by atoms with Crippen LogP contribution in [0.1, 0.15) is 15.9 Å². The molecule has 2 aromatic heterocycles. The fraction of sp³-hybridized carbons (Fsp3) is 0.0588. The third-order valence-electron chi connectivity index (χ3n) is 3.37. The summed E-state index contributed by atoms with van der Waals surface area (Å²) >= 11 is 0. The summed E-state index contributed by atoms with van der Waals surface area (Å²) in [6.07, 6.45) is 1.59. The van der Waals surface area contributed by atoms with E-state index in [-0.39, 0.29) is 11.4 Å². The van der Waals surface area contributed by atoms with Crippen molar-refractivity contribution in [3.05, 3.63) is 80.6 Å². The number of para-hydroxylation sites is 1. The zero-order valence-corrected chi connectivity index (χ0v) is 13.3. The number of nitrogens with one attached hydrogen (secondary N) is 4. The van der Waals surface area contributed by atoms with Crippen LogP contribution in [0.25, 0.3) is 0 Å². The van der Waals surface area contributed by atoms with E-state index in [1.807, 2.05) is 13.0 Å². The van der Waals surface area contributed by atoms with E-state index in [2.05, 4.69) is 25.6 Å². The molecule has 0 radical (unpaired) electrons. The largest absolute Gasteiger partial charge is 0.341 e. The number of pyridine rings is 1. The molecule has 25 heavy (non-hydrogen) atoms. The molecule has 1 aromatic carbocycles. The third-order valence-corrected chi connectivity index (χ3v) is 3.37. The van der Waals surface area contributed by atoms with Crippen molar-refractivity contribution in [3.8, 4) is 0 Å². The van der Waals surface area contributed by atoms with Gasteiger partial charge in [-0.15, -0.1) is 0 Å². The molecule has 0 saturated carbocycles. The fourth-order valence-corrected chi connectivity index (χ4v) is 2.18. The Labute approximate surface area is 142 Å². The van der Waals surface area contributed by atoms with Gasteiger partial charge in [0, 0.05) is 11.9 Å². The lowest BCUT2D eigenvalue weighted by Gasteiger charge is -2.10. The maximum Gasteiger partial charge on any atom is 0.327 e. The number of hydrogen-bond donors (Lipinski definition) is 4. The monoisotopic (exact) mass is 337 g/mol. The number of anilines is 3. The number of carbonyl (C=O) groups is 1. The molecule has 2 heterocycles. The molecule has 0 unspecified atom stereocenters. The zero-order valence-electron chi connectivity index (χ0n) is 13.3. The molecule has 0 atom stereocenters. The highest BCUT2D eigenvalue weighted by Crippen LogP contribution is 2.16. The molecule has 3 aromatic rings. The van der Waals surface area contributed by atoms with Gasteiger partial charge in [-0.25, -0.2) is 9.78 Å². The van der Waals surface area contributed by atoms with Crippen LogP contribution in [0.2, 0.25) is 0 Å². The predicted octanol–water partition coefficient (Wildman–Crippen LogP) is 1.76. The third kappa shape index (κ3) is 3.81. The lowest BCUT2D eigenvalue weighted by atomic mass is 10.2. The van der Waals surface area contributed by atoms with Crippen LogP contribution in [-0.4, -0.2) is 20.9 Å². The molecular formula is C17H15N5O3. The average Bonchev–Trinajstić information content (AvgIpc) is 2.57. The van der Waals surface area contributed by atoms with Gasteiger partial charge in [0.1, 0.15) is 17.2 Å². The van der Waals surface area contributed by atoms with E-state index in [4.69, 9.17) is 0 Å². The van der Waals surface area contributed by atoms with Gasteiger partial charge in [0.15, 0.2) is 0 Å². The number of benzene rings is 1. The highest BCUT2D eigenvalue weighted by Gasteiger charge is 2.18. The Morgan fingerprint density at radius 1 is 1.04 bits per heavy atom. The van der Waals surface area contributed by atoms with E-state index in [0.29, 0.717) is 11.5 Å². The number of aromatic nitrogens is 3. The number of aromatic amines is 2. The second-order valence-electron chi connectivity index (χ2n) is 5.32.